The molecule has 3 nitrogen and oxygen atoms in total. The van der Waals surface area contributed by atoms with Crippen molar-refractivity contribution in [2.75, 3.05) is 36.8 Å². The molecule has 0 aromatic heterocycles. The van der Waals surface area contributed by atoms with E-state index in [4.69, 9.17) is 5.73 Å². The van der Waals surface area contributed by atoms with Crippen molar-refractivity contribution in [3.63, 3.8) is 0 Å². The molecule has 2 aliphatic rings. The van der Waals surface area contributed by atoms with Crippen LogP contribution in [0.3, 0.4) is 0 Å². The lowest BCUT2D eigenvalue weighted by atomic mass is 10.1. The Labute approximate surface area is 122 Å². The molecule has 3 rings (SSSR count). The molecule has 0 atom stereocenters. The van der Waals surface area contributed by atoms with E-state index in [1.165, 1.54) is 57.3 Å². The summed E-state index contributed by atoms with van der Waals surface area (Å²) in [5.41, 5.74) is 7.94. The fourth-order valence-corrected chi connectivity index (χ4v) is 3.65. The average molecular weight is 273 g/mol. The van der Waals surface area contributed by atoms with Crippen molar-refractivity contribution in [1.29, 1.82) is 0 Å². The van der Waals surface area contributed by atoms with Crippen molar-refractivity contribution in [1.82, 2.24) is 4.90 Å². The summed E-state index contributed by atoms with van der Waals surface area (Å²) in [6.45, 7) is 4.74. The van der Waals surface area contributed by atoms with Gasteiger partial charge in [0.15, 0.2) is 0 Å². The number of piperazine rings is 1. The van der Waals surface area contributed by atoms with Crippen LogP contribution in [0.5, 0.6) is 0 Å². The summed E-state index contributed by atoms with van der Waals surface area (Å²) in [6.07, 6.45) is 8.60. The van der Waals surface area contributed by atoms with E-state index in [1.807, 2.05) is 12.1 Å². The van der Waals surface area contributed by atoms with Gasteiger partial charge in [-0.3, -0.25) is 4.90 Å². The van der Waals surface area contributed by atoms with Gasteiger partial charge in [0.1, 0.15) is 0 Å². The van der Waals surface area contributed by atoms with E-state index >= 15 is 0 Å². The van der Waals surface area contributed by atoms with E-state index in [0.717, 1.165) is 24.8 Å². The van der Waals surface area contributed by atoms with Gasteiger partial charge in [-0.05, 0) is 37.1 Å². The molecule has 1 saturated heterocycles. The van der Waals surface area contributed by atoms with Crippen LogP contribution in [0.25, 0.3) is 0 Å². The fraction of sp³-hybridized carbons (Fsp3) is 0.647. The third-order valence-corrected chi connectivity index (χ3v) is 4.91. The van der Waals surface area contributed by atoms with Crippen molar-refractivity contribution in [3.05, 3.63) is 24.3 Å². The molecule has 1 aromatic carbocycles. The summed E-state index contributed by atoms with van der Waals surface area (Å²) < 4.78 is 0. The molecular formula is C17H27N3. The molecule has 1 aromatic rings. The number of benzene rings is 1. The highest BCUT2D eigenvalue weighted by atomic mass is 15.3. The molecule has 0 amide bonds. The minimum Gasteiger partial charge on any atom is -0.399 e. The Kier molecular flexibility index (Phi) is 4.46. The normalized spacial score (nSPS) is 22.7. The molecule has 0 unspecified atom stereocenters. The summed E-state index contributed by atoms with van der Waals surface area (Å²) in [4.78, 5) is 5.23. The van der Waals surface area contributed by atoms with E-state index in [2.05, 4.69) is 21.9 Å². The smallest absolute Gasteiger partial charge is 0.0368 e. The zero-order chi connectivity index (χ0) is 13.8. The number of anilines is 2. The molecule has 1 heterocycles. The first-order valence-electron chi connectivity index (χ1n) is 8.17. The van der Waals surface area contributed by atoms with Gasteiger partial charge in [-0.2, -0.15) is 0 Å². The molecule has 0 bridgehead atoms. The van der Waals surface area contributed by atoms with Crippen molar-refractivity contribution in [2.24, 2.45) is 0 Å². The van der Waals surface area contributed by atoms with Crippen LogP contribution in [-0.2, 0) is 0 Å². The zero-order valence-corrected chi connectivity index (χ0v) is 12.4. The Morgan fingerprint density at radius 1 is 0.800 bits per heavy atom. The van der Waals surface area contributed by atoms with Crippen molar-refractivity contribution in [3.8, 4) is 0 Å². The maximum absolute atomic E-state index is 5.76. The number of hydrogen-bond acceptors (Lipinski definition) is 3. The molecule has 1 saturated carbocycles. The SMILES string of the molecule is Nc1ccc(N2CCN(C3CCCCCC3)CC2)cc1. The highest BCUT2D eigenvalue weighted by molar-refractivity contribution is 5.53. The van der Waals surface area contributed by atoms with Crippen LogP contribution in [-0.4, -0.2) is 37.1 Å². The largest absolute Gasteiger partial charge is 0.399 e. The Balaban J connectivity index is 1.54. The third kappa shape index (κ3) is 3.26. The monoisotopic (exact) mass is 273 g/mol. The van der Waals surface area contributed by atoms with Crippen molar-refractivity contribution < 1.29 is 0 Å². The second kappa shape index (κ2) is 6.49. The van der Waals surface area contributed by atoms with Gasteiger partial charge in [0.05, 0.1) is 0 Å². The van der Waals surface area contributed by atoms with E-state index in [0.29, 0.717) is 0 Å². The summed E-state index contributed by atoms with van der Waals surface area (Å²) >= 11 is 0. The summed E-state index contributed by atoms with van der Waals surface area (Å²) in [5, 5.41) is 0. The van der Waals surface area contributed by atoms with E-state index in [-0.39, 0.29) is 0 Å². The van der Waals surface area contributed by atoms with Crippen LogP contribution in [0, 0.1) is 0 Å². The van der Waals surface area contributed by atoms with Crippen molar-refractivity contribution >= 4 is 11.4 Å². The summed E-state index contributed by atoms with van der Waals surface area (Å²) in [7, 11) is 0. The number of rotatable bonds is 2. The molecule has 1 aliphatic heterocycles. The van der Waals surface area contributed by atoms with Gasteiger partial charge >= 0.3 is 0 Å². The van der Waals surface area contributed by atoms with Gasteiger partial charge in [0.25, 0.3) is 0 Å². The Morgan fingerprint density at radius 2 is 1.40 bits per heavy atom. The Bertz CT molecular complexity index is 399. The first kappa shape index (κ1) is 13.7. The standard InChI is InChI=1S/C17H27N3/c18-15-7-9-17(10-8-15)20-13-11-19(12-14-20)16-5-3-1-2-4-6-16/h7-10,16H,1-6,11-14,18H2. The van der Waals surface area contributed by atoms with Crippen molar-refractivity contribution in [2.45, 2.75) is 44.6 Å². The quantitative estimate of drug-likeness (QED) is 0.664. The molecule has 0 spiro atoms. The van der Waals surface area contributed by atoms with E-state index in [9.17, 15) is 0 Å². The first-order chi connectivity index (χ1) is 9.83. The van der Waals surface area contributed by atoms with Gasteiger partial charge in [-0.1, -0.05) is 25.7 Å². The Hall–Kier alpha value is -1.22. The van der Waals surface area contributed by atoms with Crippen LogP contribution in [0.2, 0.25) is 0 Å². The molecule has 3 heteroatoms. The lowest BCUT2D eigenvalue weighted by Crippen LogP contribution is -2.50. The van der Waals surface area contributed by atoms with Gasteiger partial charge in [-0.15, -0.1) is 0 Å². The van der Waals surface area contributed by atoms with Gasteiger partial charge in [0, 0.05) is 43.6 Å². The van der Waals surface area contributed by atoms with Crippen LogP contribution in [0.4, 0.5) is 11.4 Å². The Morgan fingerprint density at radius 3 is 2.00 bits per heavy atom. The minimum atomic E-state index is 0.853. The minimum absolute atomic E-state index is 0.853. The van der Waals surface area contributed by atoms with E-state index < -0.39 is 0 Å². The maximum Gasteiger partial charge on any atom is 0.0368 e. The average Bonchev–Trinajstić information content (AvgIpc) is 2.77. The second-order valence-electron chi connectivity index (χ2n) is 6.26. The first-order valence-corrected chi connectivity index (χ1v) is 8.17. The maximum atomic E-state index is 5.76. The third-order valence-electron chi connectivity index (χ3n) is 4.91. The summed E-state index contributed by atoms with van der Waals surface area (Å²) in [5.74, 6) is 0. The van der Waals surface area contributed by atoms with Gasteiger partial charge < -0.3 is 10.6 Å². The molecular weight excluding hydrogens is 246 g/mol. The topological polar surface area (TPSA) is 32.5 Å². The highest BCUT2D eigenvalue weighted by Gasteiger charge is 2.24. The number of nitrogen functional groups attached to an aromatic ring is 1. The predicted molar refractivity (Wildman–Crippen MR) is 86.1 cm³/mol. The number of nitrogens with zero attached hydrogens (tertiary/aromatic N) is 2. The van der Waals surface area contributed by atoms with E-state index in [1.54, 1.807) is 0 Å². The lowest BCUT2D eigenvalue weighted by Gasteiger charge is -2.40. The molecule has 2 fully saturated rings. The second-order valence-corrected chi connectivity index (χ2v) is 6.26. The van der Waals surface area contributed by atoms with Gasteiger partial charge in [-0.25, -0.2) is 0 Å². The highest BCUT2D eigenvalue weighted by Crippen LogP contribution is 2.24. The van der Waals surface area contributed by atoms with Crippen LogP contribution in [0.1, 0.15) is 38.5 Å². The zero-order valence-electron chi connectivity index (χ0n) is 12.4. The van der Waals surface area contributed by atoms with Crippen LogP contribution >= 0.6 is 0 Å². The molecule has 110 valence electrons. The van der Waals surface area contributed by atoms with Crippen LogP contribution < -0.4 is 10.6 Å². The molecule has 20 heavy (non-hydrogen) atoms. The summed E-state index contributed by atoms with van der Waals surface area (Å²) in [6, 6.07) is 9.17. The number of nitrogens with two attached hydrogens (primary N) is 1. The molecule has 1 aliphatic carbocycles. The molecule has 2 N–H and O–H groups in total. The lowest BCUT2D eigenvalue weighted by molar-refractivity contribution is 0.169. The predicted octanol–water partition coefficient (Wildman–Crippen LogP) is 3.11. The molecule has 0 radical (unpaired) electrons. The van der Waals surface area contributed by atoms with Crippen LogP contribution in [0.15, 0.2) is 24.3 Å². The fourth-order valence-electron chi connectivity index (χ4n) is 3.65. The number of hydrogen-bond donors (Lipinski definition) is 1. The van der Waals surface area contributed by atoms with Gasteiger partial charge in [0.2, 0.25) is 0 Å².